The Labute approximate surface area is 129 Å². The summed E-state index contributed by atoms with van der Waals surface area (Å²) in [6.07, 6.45) is 2.99. The minimum Gasteiger partial charge on any atom is -0.207 e. The van der Waals surface area contributed by atoms with E-state index in [0.29, 0.717) is 27.8 Å². The van der Waals surface area contributed by atoms with Gasteiger partial charge in [-0.3, -0.25) is 0 Å². The second-order valence-corrected chi connectivity index (χ2v) is 7.02. The van der Waals surface area contributed by atoms with E-state index in [2.05, 4.69) is 25.3 Å². The summed E-state index contributed by atoms with van der Waals surface area (Å²) in [5.41, 5.74) is 0. The first kappa shape index (κ1) is 16.4. The molecule has 0 spiro atoms. The van der Waals surface area contributed by atoms with Gasteiger partial charge < -0.3 is 0 Å². The fraction of sp³-hybridized carbons (Fsp3) is 0.455. The maximum Gasteiger partial charge on any atom is 2.00 e. The number of nitrogens with zero attached hydrogens (tertiary/aromatic N) is 1. The Kier molecular flexibility index (Phi) is 6.06. The number of benzene rings is 1. The Morgan fingerprint density at radius 3 is 2.17 bits per heavy atom. The third kappa shape index (κ3) is 3.45. The Bertz CT molecular complexity index is 513. The van der Waals surface area contributed by atoms with Gasteiger partial charge in [0, 0.05) is 22.9 Å². The molecule has 0 unspecified atom stereocenters. The molecule has 0 saturated carbocycles. The van der Waals surface area contributed by atoms with E-state index in [1.54, 1.807) is 22.5 Å². The molecule has 0 aromatic heterocycles. The van der Waals surface area contributed by atoms with E-state index in [4.69, 9.17) is 0 Å². The molecule has 1 aromatic rings. The van der Waals surface area contributed by atoms with E-state index in [1.165, 1.54) is 0 Å². The molecule has 0 radical (unpaired) electrons. The first-order chi connectivity index (χ1) is 8.01. The predicted octanol–water partition coefficient (Wildman–Crippen LogP) is 2.44. The molecule has 1 aromatic carbocycles. The zero-order valence-electron chi connectivity index (χ0n) is 9.65. The van der Waals surface area contributed by atoms with Crippen LogP contribution in [0.4, 0.5) is 0 Å². The van der Waals surface area contributed by atoms with Crippen LogP contribution in [0.5, 0.6) is 0 Å². The molecule has 7 heteroatoms. The SMILES string of the molecule is O=S(=O)(c1ccc(S)c(S)c1)N1CCCCC1.[Ni+2]. The topological polar surface area (TPSA) is 37.4 Å². The van der Waals surface area contributed by atoms with Gasteiger partial charge in [0.05, 0.1) is 4.90 Å². The van der Waals surface area contributed by atoms with E-state index in [-0.39, 0.29) is 16.5 Å². The standard InChI is InChI=1S/C11H15NO2S3.Ni/c13-17(14,12-6-2-1-3-7-12)9-4-5-10(15)11(16)8-9;/h4-5,8,15-16H,1-3,6-7H2;/q;+2. The molecule has 18 heavy (non-hydrogen) atoms. The molecular formula is C11H15NNiO2S3+2. The molecule has 102 valence electrons. The maximum atomic E-state index is 12.3. The van der Waals surface area contributed by atoms with Gasteiger partial charge in [0.1, 0.15) is 0 Å². The van der Waals surface area contributed by atoms with Gasteiger partial charge in [0.15, 0.2) is 0 Å². The summed E-state index contributed by atoms with van der Waals surface area (Å²) in [6, 6.07) is 4.82. The summed E-state index contributed by atoms with van der Waals surface area (Å²) < 4.78 is 26.2. The van der Waals surface area contributed by atoms with Crippen molar-refractivity contribution in [3.63, 3.8) is 0 Å². The number of thiol groups is 2. The minimum absolute atomic E-state index is 0. The van der Waals surface area contributed by atoms with Crippen LogP contribution < -0.4 is 0 Å². The number of sulfonamides is 1. The summed E-state index contributed by atoms with van der Waals surface area (Å²) in [5, 5.41) is 0. The van der Waals surface area contributed by atoms with Gasteiger partial charge in [-0.1, -0.05) is 6.42 Å². The van der Waals surface area contributed by atoms with Crippen molar-refractivity contribution in [1.82, 2.24) is 4.31 Å². The van der Waals surface area contributed by atoms with Crippen LogP contribution in [-0.2, 0) is 26.5 Å². The Balaban J connectivity index is 0.00000162. The molecule has 0 aliphatic carbocycles. The monoisotopic (exact) mass is 347 g/mol. The molecule has 3 nitrogen and oxygen atoms in total. The second-order valence-electron chi connectivity index (χ2n) is 4.12. The third-order valence-electron chi connectivity index (χ3n) is 2.90. The average molecular weight is 348 g/mol. The van der Waals surface area contributed by atoms with Crippen molar-refractivity contribution in [3.8, 4) is 0 Å². The first-order valence-electron chi connectivity index (χ1n) is 5.54. The Hall–Kier alpha value is 0.324. The molecule has 1 saturated heterocycles. The molecule has 1 aliphatic heterocycles. The number of piperidine rings is 1. The van der Waals surface area contributed by atoms with Gasteiger partial charge in [-0.2, -0.15) is 4.31 Å². The summed E-state index contributed by atoms with van der Waals surface area (Å²) >= 11 is 8.39. The minimum atomic E-state index is -3.35. The van der Waals surface area contributed by atoms with Crippen molar-refractivity contribution < 1.29 is 24.9 Å². The molecule has 2 rings (SSSR count). The van der Waals surface area contributed by atoms with Crippen LogP contribution in [0.25, 0.3) is 0 Å². The molecular weight excluding hydrogens is 333 g/mol. The van der Waals surface area contributed by atoms with Crippen LogP contribution in [-0.4, -0.2) is 25.8 Å². The van der Waals surface area contributed by atoms with Crippen LogP contribution >= 0.6 is 25.3 Å². The molecule has 1 aliphatic rings. The summed E-state index contributed by atoms with van der Waals surface area (Å²) in [6.45, 7) is 1.24. The molecule has 0 N–H and O–H groups in total. The van der Waals surface area contributed by atoms with Crippen molar-refractivity contribution in [2.45, 2.75) is 33.9 Å². The molecule has 0 amide bonds. The third-order valence-corrected chi connectivity index (χ3v) is 5.73. The second kappa shape index (κ2) is 6.66. The van der Waals surface area contributed by atoms with Crippen molar-refractivity contribution >= 4 is 35.3 Å². The molecule has 1 heterocycles. The van der Waals surface area contributed by atoms with Gasteiger partial charge in [0.25, 0.3) is 0 Å². The van der Waals surface area contributed by atoms with E-state index in [1.807, 2.05) is 0 Å². The van der Waals surface area contributed by atoms with Gasteiger partial charge >= 0.3 is 16.5 Å². The van der Waals surface area contributed by atoms with Gasteiger partial charge in [-0.25, -0.2) is 8.42 Å². The summed E-state index contributed by atoms with van der Waals surface area (Å²) in [7, 11) is -3.35. The number of hydrogen-bond acceptors (Lipinski definition) is 4. The van der Waals surface area contributed by atoms with Crippen LogP contribution in [0.15, 0.2) is 32.9 Å². The summed E-state index contributed by atoms with van der Waals surface area (Å²) in [5.74, 6) is 0. The van der Waals surface area contributed by atoms with E-state index < -0.39 is 10.0 Å². The molecule has 0 bridgehead atoms. The Morgan fingerprint density at radius 1 is 1.00 bits per heavy atom. The molecule has 0 atom stereocenters. The van der Waals surface area contributed by atoms with E-state index >= 15 is 0 Å². The zero-order valence-corrected chi connectivity index (χ0v) is 13.2. The fourth-order valence-electron chi connectivity index (χ4n) is 1.92. The number of hydrogen-bond donors (Lipinski definition) is 2. The predicted molar refractivity (Wildman–Crippen MR) is 73.6 cm³/mol. The largest absolute Gasteiger partial charge is 2.00 e. The molecule has 1 fully saturated rings. The fourth-order valence-corrected chi connectivity index (χ4v) is 3.90. The van der Waals surface area contributed by atoms with Crippen LogP contribution in [0.2, 0.25) is 0 Å². The average Bonchev–Trinajstić information content (AvgIpc) is 2.33. The van der Waals surface area contributed by atoms with Gasteiger partial charge in [-0.05, 0) is 31.0 Å². The first-order valence-corrected chi connectivity index (χ1v) is 7.87. The Morgan fingerprint density at radius 2 is 1.61 bits per heavy atom. The number of rotatable bonds is 2. The summed E-state index contributed by atoms with van der Waals surface area (Å²) in [4.78, 5) is 1.58. The van der Waals surface area contributed by atoms with Crippen molar-refractivity contribution in [1.29, 1.82) is 0 Å². The van der Waals surface area contributed by atoms with Crippen molar-refractivity contribution in [2.75, 3.05) is 13.1 Å². The van der Waals surface area contributed by atoms with Crippen molar-refractivity contribution in [2.24, 2.45) is 0 Å². The zero-order chi connectivity index (χ0) is 12.5. The van der Waals surface area contributed by atoms with Crippen LogP contribution in [0.1, 0.15) is 19.3 Å². The van der Waals surface area contributed by atoms with Gasteiger partial charge in [0.2, 0.25) is 10.0 Å². The van der Waals surface area contributed by atoms with E-state index in [9.17, 15) is 8.42 Å². The van der Waals surface area contributed by atoms with Crippen LogP contribution in [0.3, 0.4) is 0 Å². The smallest absolute Gasteiger partial charge is 0.207 e. The maximum absolute atomic E-state index is 12.3. The van der Waals surface area contributed by atoms with E-state index in [0.717, 1.165) is 19.3 Å². The van der Waals surface area contributed by atoms with Crippen LogP contribution in [0, 0.1) is 0 Å². The van der Waals surface area contributed by atoms with Crippen molar-refractivity contribution in [3.05, 3.63) is 18.2 Å². The normalized spacial score (nSPS) is 17.2. The quantitative estimate of drug-likeness (QED) is 0.637. The van der Waals surface area contributed by atoms with Gasteiger partial charge in [-0.15, -0.1) is 25.3 Å².